The Morgan fingerprint density at radius 1 is 0.974 bits per heavy atom. The second-order valence-corrected chi connectivity index (χ2v) is 9.49. The van der Waals surface area contributed by atoms with Gasteiger partial charge in [-0.1, -0.05) is 13.8 Å². The molecule has 1 aromatic heterocycles. The van der Waals surface area contributed by atoms with Crippen LogP contribution in [0.1, 0.15) is 51.6 Å². The van der Waals surface area contributed by atoms with Crippen LogP contribution in [0, 0.1) is 5.92 Å². The molecule has 13 N–H and O–H groups in total. The summed E-state index contributed by atoms with van der Waals surface area (Å²) in [5, 5.41) is 17.0. The van der Waals surface area contributed by atoms with Crippen LogP contribution in [-0.4, -0.2) is 81.3 Å². The number of imidazole rings is 1. The van der Waals surface area contributed by atoms with Crippen molar-refractivity contribution < 1.29 is 29.1 Å². The lowest BCUT2D eigenvalue weighted by molar-refractivity contribution is -0.142. The number of hydrogen-bond donors (Lipinski definition) is 9. The van der Waals surface area contributed by atoms with Gasteiger partial charge in [-0.15, -0.1) is 0 Å². The standard InChI is InChI=1S/C23H40N10O6/c1-12(2)8-14(24)19(35)33-17(9-13-10-28-11-30-13)21(37)31-15(4-3-7-29-23(26)27)20(36)32-16(22(38)39)5-6-18(25)34/h10-12,14-17H,3-9,24H2,1-2H3,(H2,25,34)(H,28,30)(H,31,37)(H,32,36)(H,33,35)(H,38,39)(H4,26,27,29). The van der Waals surface area contributed by atoms with Crippen LogP contribution in [0.3, 0.4) is 0 Å². The predicted molar refractivity (Wildman–Crippen MR) is 141 cm³/mol. The summed E-state index contributed by atoms with van der Waals surface area (Å²) in [6, 6.07) is -4.62. The fourth-order valence-corrected chi connectivity index (χ4v) is 3.58. The van der Waals surface area contributed by atoms with E-state index < -0.39 is 53.8 Å². The Bertz CT molecular complexity index is 994. The summed E-state index contributed by atoms with van der Waals surface area (Å²) in [5.41, 5.74) is 22.3. The van der Waals surface area contributed by atoms with Gasteiger partial charge < -0.3 is 49.0 Å². The Morgan fingerprint density at radius 2 is 1.59 bits per heavy atom. The summed E-state index contributed by atoms with van der Waals surface area (Å²) in [7, 11) is 0. The van der Waals surface area contributed by atoms with Gasteiger partial charge in [0.05, 0.1) is 12.4 Å². The summed E-state index contributed by atoms with van der Waals surface area (Å²) in [4.78, 5) is 72.4. The number of nitrogens with two attached hydrogens (primary N) is 4. The molecule has 4 atom stereocenters. The van der Waals surface area contributed by atoms with Gasteiger partial charge in [-0.2, -0.15) is 0 Å². The van der Waals surface area contributed by atoms with E-state index in [1.165, 1.54) is 12.5 Å². The number of H-pyrrole nitrogens is 1. The molecular formula is C23H40N10O6. The van der Waals surface area contributed by atoms with E-state index in [4.69, 9.17) is 22.9 Å². The number of carbonyl (C=O) groups is 5. The number of nitrogens with zero attached hydrogens (tertiary/aromatic N) is 2. The van der Waals surface area contributed by atoms with Crippen molar-refractivity contribution in [2.24, 2.45) is 33.8 Å². The van der Waals surface area contributed by atoms with E-state index in [-0.39, 0.29) is 50.5 Å². The molecule has 0 bridgehead atoms. The second kappa shape index (κ2) is 16.6. The first kappa shape index (κ1) is 32.8. The van der Waals surface area contributed by atoms with Gasteiger partial charge in [-0.3, -0.25) is 24.2 Å². The van der Waals surface area contributed by atoms with E-state index in [1.54, 1.807) is 0 Å². The number of aromatic amines is 1. The van der Waals surface area contributed by atoms with E-state index in [0.29, 0.717) is 12.1 Å². The third kappa shape index (κ3) is 13.2. The topological polar surface area (TPSA) is 287 Å². The van der Waals surface area contributed by atoms with Crippen molar-refractivity contribution in [1.82, 2.24) is 25.9 Å². The molecule has 39 heavy (non-hydrogen) atoms. The third-order valence-corrected chi connectivity index (χ3v) is 5.55. The average Bonchev–Trinajstić information content (AvgIpc) is 3.35. The maximum Gasteiger partial charge on any atom is 0.326 e. The highest BCUT2D eigenvalue weighted by Crippen LogP contribution is 2.07. The molecule has 0 aliphatic heterocycles. The van der Waals surface area contributed by atoms with Crippen molar-refractivity contribution in [2.75, 3.05) is 6.54 Å². The van der Waals surface area contributed by atoms with Crippen molar-refractivity contribution in [3.05, 3.63) is 18.2 Å². The molecule has 1 aromatic rings. The molecule has 0 spiro atoms. The van der Waals surface area contributed by atoms with Gasteiger partial charge >= 0.3 is 5.97 Å². The summed E-state index contributed by atoms with van der Waals surface area (Å²) in [6.45, 7) is 3.95. The van der Waals surface area contributed by atoms with Gasteiger partial charge in [0, 0.05) is 31.3 Å². The molecule has 0 aliphatic carbocycles. The lowest BCUT2D eigenvalue weighted by atomic mass is 10.0. The third-order valence-electron chi connectivity index (χ3n) is 5.55. The Hall–Kier alpha value is -4.21. The molecule has 0 saturated heterocycles. The molecule has 16 heteroatoms. The highest BCUT2D eigenvalue weighted by Gasteiger charge is 2.30. The number of guanidine groups is 1. The zero-order valence-corrected chi connectivity index (χ0v) is 22.2. The van der Waals surface area contributed by atoms with E-state index in [1.807, 2.05) is 13.8 Å². The number of carbonyl (C=O) groups excluding carboxylic acids is 4. The van der Waals surface area contributed by atoms with E-state index in [2.05, 4.69) is 30.9 Å². The van der Waals surface area contributed by atoms with Crippen molar-refractivity contribution in [1.29, 1.82) is 0 Å². The number of aliphatic carboxylic acids is 1. The maximum atomic E-state index is 13.3. The molecule has 0 aliphatic rings. The van der Waals surface area contributed by atoms with Gasteiger partial charge in [0.25, 0.3) is 0 Å². The zero-order valence-electron chi connectivity index (χ0n) is 22.2. The minimum atomic E-state index is -1.42. The van der Waals surface area contributed by atoms with Crippen LogP contribution >= 0.6 is 0 Å². The number of aliphatic imine (C=N–C) groups is 1. The van der Waals surface area contributed by atoms with E-state index >= 15 is 0 Å². The summed E-state index contributed by atoms with van der Waals surface area (Å²) in [5.74, 6) is -4.19. The monoisotopic (exact) mass is 552 g/mol. The molecule has 0 saturated carbocycles. The smallest absolute Gasteiger partial charge is 0.326 e. The largest absolute Gasteiger partial charge is 0.480 e. The lowest BCUT2D eigenvalue weighted by Gasteiger charge is -2.25. The average molecular weight is 553 g/mol. The highest BCUT2D eigenvalue weighted by molar-refractivity contribution is 5.94. The number of carboxylic acid groups (broad SMARTS) is 1. The Morgan fingerprint density at radius 3 is 2.13 bits per heavy atom. The van der Waals surface area contributed by atoms with Crippen LogP contribution in [-0.2, 0) is 30.4 Å². The number of rotatable bonds is 18. The fourth-order valence-electron chi connectivity index (χ4n) is 3.58. The molecule has 0 aromatic carbocycles. The Kier molecular flexibility index (Phi) is 14.0. The van der Waals surface area contributed by atoms with Gasteiger partial charge in [0.2, 0.25) is 23.6 Å². The molecule has 0 radical (unpaired) electrons. The summed E-state index contributed by atoms with van der Waals surface area (Å²) >= 11 is 0. The molecule has 218 valence electrons. The van der Waals surface area contributed by atoms with Crippen molar-refractivity contribution in [3.8, 4) is 0 Å². The number of amides is 4. The molecule has 4 amide bonds. The van der Waals surface area contributed by atoms with Crippen molar-refractivity contribution in [2.45, 2.75) is 76.5 Å². The van der Waals surface area contributed by atoms with E-state index in [0.717, 1.165) is 0 Å². The highest BCUT2D eigenvalue weighted by atomic mass is 16.4. The van der Waals surface area contributed by atoms with Crippen LogP contribution in [0.15, 0.2) is 17.5 Å². The number of primary amides is 1. The number of nitrogens with one attached hydrogen (secondary N) is 4. The number of carboxylic acids is 1. The first-order chi connectivity index (χ1) is 18.3. The van der Waals surface area contributed by atoms with Crippen LogP contribution in [0.2, 0.25) is 0 Å². The molecular weight excluding hydrogens is 512 g/mol. The first-order valence-corrected chi connectivity index (χ1v) is 12.5. The minimum absolute atomic E-state index is 0.0185. The van der Waals surface area contributed by atoms with Gasteiger partial charge in [-0.05, 0) is 31.6 Å². The molecule has 1 rings (SSSR count). The Labute approximate surface area is 226 Å². The second-order valence-electron chi connectivity index (χ2n) is 9.49. The molecule has 1 heterocycles. The SMILES string of the molecule is CC(C)CC(N)C(=O)NC(Cc1cnc[nH]1)C(=O)NC(CCCN=C(N)N)C(=O)NC(CCC(N)=O)C(=O)O. The summed E-state index contributed by atoms with van der Waals surface area (Å²) < 4.78 is 0. The normalized spacial score (nSPS) is 13.9. The van der Waals surface area contributed by atoms with Crippen LogP contribution in [0.4, 0.5) is 0 Å². The van der Waals surface area contributed by atoms with Crippen molar-refractivity contribution in [3.63, 3.8) is 0 Å². The van der Waals surface area contributed by atoms with E-state index in [9.17, 15) is 29.1 Å². The van der Waals surface area contributed by atoms with Crippen molar-refractivity contribution >= 4 is 35.6 Å². The number of aromatic nitrogens is 2. The molecule has 0 fully saturated rings. The van der Waals surface area contributed by atoms with Crippen LogP contribution < -0.4 is 38.9 Å². The Balaban J connectivity index is 3.10. The minimum Gasteiger partial charge on any atom is -0.480 e. The van der Waals surface area contributed by atoms with Gasteiger partial charge in [-0.25, -0.2) is 9.78 Å². The molecule has 16 nitrogen and oxygen atoms in total. The zero-order chi connectivity index (χ0) is 29.5. The fraction of sp³-hybridized carbons (Fsp3) is 0.609. The maximum absolute atomic E-state index is 13.3. The number of hydrogen-bond acceptors (Lipinski definition) is 8. The molecule has 4 unspecified atom stereocenters. The van der Waals surface area contributed by atoms with Gasteiger partial charge in [0.1, 0.15) is 18.1 Å². The lowest BCUT2D eigenvalue weighted by Crippen LogP contribution is -2.57. The van der Waals surface area contributed by atoms with Crippen LogP contribution in [0.5, 0.6) is 0 Å². The quantitative estimate of drug-likeness (QED) is 0.0511. The van der Waals surface area contributed by atoms with Crippen LogP contribution in [0.25, 0.3) is 0 Å². The predicted octanol–water partition coefficient (Wildman–Crippen LogP) is -2.82. The first-order valence-electron chi connectivity index (χ1n) is 12.5. The summed E-state index contributed by atoms with van der Waals surface area (Å²) in [6.07, 6.45) is 3.09. The van der Waals surface area contributed by atoms with Gasteiger partial charge in [0.15, 0.2) is 5.96 Å².